The molecule has 9 heteroatoms. The number of carbonyl (C=O) groups is 1. The molecule has 0 aliphatic carbocycles. The van der Waals surface area contributed by atoms with Crippen LogP contribution in [0.1, 0.15) is 19.8 Å². The lowest BCUT2D eigenvalue weighted by Crippen LogP contribution is -2.24. The van der Waals surface area contributed by atoms with Crippen molar-refractivity contribution >= 4 is 40.9 Å². The van der Waals surface area contributed by atoms with Crippen LogP contribution in [0, 0.1) is 5.82 Å². The van der Waals surface area contributed by atoms with Crippen molar-refractivity contribution in [2.24, 2.45) is 0 Å². The van der Waals surface area contributed by atoms with Gasteiger partial charge in [-0.25, -0.2) is 4.39 Å². The molecule has 1 atom stereocenters. The van der Waals surface area contributed by atoms with E-state index in [9.17, 15) is 9.18 Å². The average Bonchev–Trinajstić information content (AvgIpc) is 3.39. The summed E-state index contributed by atoms with van der Waals surface area (Å²) in [7, 11) is 0. The van der Waals surface area contributed by atoms with Gasteiger partial charge >= 0.3 is 0 Å². The van der Waals surface area contributed by atoms with Gasteiger partial charge in [-0.05, 0) is 50.1 Å². The summed E-state index contributed by atoms with van der Waals surface area (Å²) in [5.74, 6) is -0.0473. The van der Waals surface area contributed by atoms with Gasteiger partial charge in [0.15, 0.2) is 5.16 Å². The topological polar surface area (TPSA) is 63.1 Å². The number of carbonyl (C=O) groups excluding carboxylic acids is 1. The maximum Gasteiger partial charge on any atom is 0.237 e. The van der Waals surface area contributed by atoms with E-state index in [-0.39, 0.29) is 11.6 Å². The Balaban J connectivity index is 1.60. The highest BCUT2D eigenvalue weighted by Gasteiger charge is 2.25. The zero-order valence-electron chi connectivity index (χ0n) is 16.4. The third-order valence-corrected chi connectivity index (χ3v) is 6.13. The minimum absolute atomic E-state index is 0.156. The Bertz CT molecular complexity index is 1050. The molecule has 1 aliphatic rings. The third-order valence-electron chi connectivity index (χ3n) is 4.85. The monoisotopic (exact) mass is 445 g/mol. The predicted molar refractivity (Wildman–Crippen MR) is 118 cm³/mol. The number of hydrogen-bond acceptors (Lipinski definition) is 5. The minimum atomic E-state index is -0.516. The molecule has 1 unspecified atom stereocenters. The van der Waals surface area contributed by atoms with Crippen LogP contribution in [0.15, 0.2) is 53.7 Å². The highest BCUT2D eigenvalue weighted by atomic mass is 35.5. The van der Waals surface area contributed by atoms with Crippen molar-refractivity contribution < 1.29 is 9.18 Å². The summed E-state index contributed by atoms with van der Waals surface area (Å²) in [5, 5.41) is 12.1. The Morgan fingerprint density at radius 3 is 2.67 bits per heavy atom. The summed E-state index contributed by atoms with van der Waals surface area (Å²) in [5.41, 5.74) is 0.989. The number of rotatable bonds is 6. The lowest BCUT2D eigenvalue weighted by Gasteiger charge is -2.19. The largest absolute Gasteiger partial charge is 0.341 e. The van der Waals surface area contributed by atoms with Crippen molar-refractivity contribution in [1.29, 1.82) is 0 Å². The van der Waals surface area contributed by atoms with Crippen molar-refractivity contribution in [2.75, 3.05) is 23.3 Å². The molecular weight excluding hydrogens is 425 g/mol. The summed E-state index contributed by atoms with van der Waals surface area (Å²) in [4.78, 5) is 14.8. The van der Waals surface area contributed by atoms with E-state index in [2.05, 4.69) is 20.4 Å². The van der Waals surface area contributed by atoms with E-state index >= 15 is 0 Å². The molecule has 1 aromatic heterocycles. The number of aromatic nitrogens is 3. The van der Waals surface area contributed by atoms with Gasteiger partial charge in [-0.2, -0.15) is 0 Å². The summed E-state index contributed by atoms with van der Waals surface area (Å²) in [6.07, 6.45) is 2.21. The fraction of sp³-hybridized carbons (Fsp3) is 0.286. The van der Waals surface area contributed by atoms with Crippen LogP contribution in [0.3, 0.4) is 0 Å². The van der Waals surface area contributed by atoms with Gasteiger partial charge in [0.25, 0.3) is 0 Å². The van der Waals surface area contributed by atoms with Gasteiger partial charge in [0.1, 0.15) is 5.82 Å². The average molecular weight is 446 g/mol. The number of thioether (sulfide) groups is 1. The highest BCUT2D eigenvalue weighted by Crippen LogP contribution is 2.32. The van der Waals surface area contributed by atoms with Crippen LogP contribution >= 0.6 is 23.4 Å². The summed E-state index contributed by atoms with van der Waals surface area (Å²) in [6.45, 7) is 3.58. The standard InChI is InChI=1S/C21H21ClFN5OS/c1-14(19(29)24-18-10-3-2-9-17(18)23)30-21-26-25-20(27-11-4-5-12-27)28(21)16-8-6-7-15(22)13-16/h2-3,6-10,13-14H,4-5,11-12H2,1H3,(H,24,29). The van der Waals surface area contributed by atoms with Crippen molar-refractivity contribution in [2.45, 2.75) is 30.2 Å². The Morgan fingerprint density at radius 2 is 1.93 bits per heavy atom. The first kappa shape index (κ1) is 20.7. The first-order valence-electron chi connectivity index (χ1n) is 9.71. The van der Waals surface area contributed by atoms with E-state index in [1.165, 1.54) is 23.9 Å². The number of anilines is 2. The summed E-state index contributed by atoms with van der Waals surface area (Å²) < 4.78 is 15.8. The summed E-state index contributed by atoms with van der Waals surface area (Å²) in [6, 6.07) is 13.6. The zero-order chi connectivity index (χ0) is 21.1. The second-order valence-corrected chi connectivity index (χ2v) is 8.77. The molecule has 30 heavy (non-hydrogen) atoms. The molecule has 1 saturated heterocycles. The summed E-state index contributed by atoms with van der Waals surface area (Å²) >= 11 is 7.48. The molecule has 0 saturated carbocycles. The van der Waals surface area contributed by atoms with E-state index in [1.54, 1.807) is 19.1 Å². The van der Waals surface area contributed by atoms with E-state index < -0.39 is 11.1 Å². The molecule has 156 valence electrons. The van der Waals surface area contributed by atoms with Crippen LogP contribution in [0.2, 0.25) is 5.02 Å². The molecule has 1 fully saturated rings. The molecule has 6 nitrogen and oxygen atoms in total. The number of benzene rings is 2. The van der Waals surface area contributed by atoms with Gasteiger partial charge < -0.3 is 10.2 Å². The quantitative estimate of drug-likeness (QED) is 0.553. The zero-order valence-corrected chi connectivity index (χ0v) is 18.0. The number of halogens is 2. The minimum Gasteiger partial charge on any atom is -0.341 e. The molecule has 2 aromatic carbocycles. The van der Waals surface area contributed by atoms with Gasteiger partial charge in [0.2, 0.25) is 11.9 Å². The fourth-order valence-electron chi connectivity index (χ4n) is 3.31. The number of hydrogen-bond donors (Lipinski definition) is 1. The normalized spacial score (nSPS) is 14.7. The fourth-order valence-corrected chi connectivity index (χ4v) is 4.36. The number of amides is 1. The van der Waals surface area contributed by atoms with E-state index in [0.29, 0.717) is 10.2 Å². The van der Waals surface area contributed by atoms with Gasteiger partial charge in [-0.3, -0.25) is 9.36 Å². The van der Waals surface area contributed by atoms with Gasteiger partial charge in [-0.1, -0.05) is 41.6 Å². The van der Waals surface area contributed by atoms with Crippen LogP contribution in [-0.4, -0.2) is 39.0 Å². The van der Waals surface area contributed by atoms with Gasteiger partial charge in [-0.15, -0.1) is 10.2 Å². The Labute approximate surface area is 183 Å². The van der Waals surface area contributed by atoms with Crippen LogP contribution in [0.25, 0.3) is 5.69 Å². The lowest BCUT2D eigenvalue weighted by molar-refractivity contribution is -0.115. The van der Waals surface area contributed by atoms with Crippen molar-refractivity contribution in [3.63, 3.8) is 0 Å². The van der Waals surface area contributed by atoms with Crippen LogP contribution in [-0.2, 0) is 4.79 Å². The Kier molecular flexibility index (Phi) is 6.24. The van der Waals surface area contributed by atoms with Crippen molar-refractivity contribution in [1.82, 2.24) is 14.8 Å². The highest BCUT2D eigenvalue weighted by molar-refractivity contribution is 8.00. The molecular formula is C21H21ClFN5OS. The number of nitrogens with one attached hydrogen (secondary N) is 1. The number of nitrogens with zero attached hydrogens (tertiary/aromatic N) is 4. The molecule has 1 amide bonds. The second kappa shape index (κ2) is 9.06. The molecule has 0 radical (unpaired) electrons. The molecule has 0 spiro atoms. The van der Waals surface area contributed by atoms with Crippen molar-refractivity contribution in [3.8, 4) is 5.69 Å². The van der Waals surface area contributed by atoms with Gasteiger partial charge in [0, 0.05) is 18.1 Å². The predicted octanol–water partition coefficient (Wildman–Crippen LogP) is 4.78. The second-order valence-electron chi connectivity index (χ2n) is 7.02. The first-order chi connectivity index (χ1) is 14.5. The van der Waals surface area contributed by atoms with Crippen LogP contribution in [0.5, 0.6) is 0 Å². The SMILES string of the molecule is CC(Sc1nnc(N2CCCC2)n1-c1cccc(Cl)c1)C(=O)Nc1ccccc1F. The molecule has 0 bridgehead atoms. The maximum atomic E-state index is 13.9. The molecule has 4 rings (SSSR count). The lowest BCUT2D eigenvalue weighted by atomic mass is 10.3. The Hall–Kier alpha value is -2.58. The Morgan fingerprint density at radius 1 is 1.17 bits per heavy atom. The smallest absolute Gasteiger partial charge is 0.237 e. The van der Waals surface area contributed by atoms with Crippen LogP contribution in [0.4, 0.5) is 16.0 Å². The van der Waals surface area contributed by atoms with E-state index in [1.807, 2.05) is 28.8 Å². The molecule has 3 aromatic rings. The van der Waals surface area contributed by atoms with E-state index in [4.69, 9.17) is 11.6 Å². The molecule has 1 aliphatic heterocycles. The third kappa shape index (κ3) is 4.44. The number of para-hydroxylation sites is 1. The van der Waals surface area contributed by atoms with Crippen LogP contribution < -0.4 is 10.2 Å². The first-order valence-corrected chi connectivity index (χ1v) is 11.0. The molecule has 1 N–H and O–H groups in total. The maximum absolute atomic E-state index is 13.9. The van der Waals surface area contributed by atoms with E-state index in [0.717, 1.165) is 37.6 Å². The van der Waals surface area contributed by atoms with Crippen molar-refractivity contribution in [3.05, 3.63) is 59.4 Å². The van der Waals surface area contributed by atoms with Gasteiger partial charge in [0.05, 0.1) is 16.6 Å². The molecule has 2 heterocycles.